The highest BCUT2D eigenvalue weighted by Gasteiger charge is 2.34. The molecule has 1 aliphatic rings. The van der Waals surface area contributed by atoms with Crippen molar-refractivity contribution in [1.82, 2.24) is 20.5 Å². The molecule has 0 spiro atoms. The number of carbonyl (C=O) groups is 2. The Balaban J connectivity index is 1.95. The van der Waals surface area contributed by atoms with Gasteiger partial charge in [0.1, 0.15) is 5.82 Å². The first-order valence-corrected chi connectivity index (χ1v) is 6.54. The average Bonchev–Trinajstić information content (AvgIpc) is 3.09. The van der Waals surface area contributed by atoms with E-state index in [0.717, 1.165) is 25.7 Å². The summed E-state index contributed by atoms with van der Waals surface area (Å²) in [6.45, 7) is 2.01. The van der Waals surface area contributed by atoms with E-state index in [4.69, 9.17) is 5.11 Å². The predicted octanol–water partition coefficient (Wildman–Crippen LogP) is 0.740. The Morgan fingerprint density at radius 3 is 2.84 bits per heavy atom. The molecule has 0 aliphatic heterocycles. The summed E-state index contributed by atoms with van der Waals surface area (Å²) in [5, 5.41) is 18.1. The second-order valence-corrected chi connectivity index (χ2v) is 4.87. The van der Waals surface area contributed by atoms with Gasteiger partial charge >= 0.3 is 5.97 Å². The van der Waals surface area contributed by atoms with E-state index in [1.807, 2.05) is 6.92 Å². The fourth-order valence-corrected chi connectivity index (χ4v) is 2.00. The van der Waals surface area contributed by atoms with Crippen molar-refractivity contribution >= 4 is 11.9 Å². The van der Waals surface area contributed by atoms with Crippen LogP contribution in [-0.4, -0.2) is 38.2 Å². The molecule has 1 heterocycles. The Morgan fingerprint density at radius 1 is 1.53 bits per heavy atom. The van der Waals surface area contributed by atoms with Crippen LogP contribution in [0.15, 0.2) is 0 Å². The number of aromatic nitrogens is 3. The van der Waals surface area contributed by atoms with Crippen molar-refractivity contribution < 1.29 is 14.7 Å². The minimum atomic E-state index is -0.904. The smallest absolute Gasteiger partial charge is 0.305 e. The Morgan fingerprint density at radius 2 is 2.26 bits per heavy atom. The van der Waals surface area contributed by atoms with E-state index in [-0.39, 0.29) is 24.2 Å². The molecule has 1 unspecified atom stereocenters. The third kappa shape index (κ3) is 3.77. The fraction of sp³-hybridized carbons (Fsp3) is 0.667. The number of aryl methyl sites for hydroxylation is 1. The Kier molecular flexibility index (Phi) is 4.13. The number of aliphatic carboxylic acids is 1. The molecule has 0 aromatic carbocycles. The molecule has 1 fully saturated rings. The van der Waals surface area contributed by atoms with Crippen LogP contribution >= 0.6 is 0 Å². The third-order valence-corrected chi connectivity index (χ3v) is 3.12. The lowest BCUT2D eigenvalue weighted by Crippen LogP contribution is -2.38. The lowest BCUT2D eigenvalue weighted by atomic mass is 10.1. The van der Waals surface area contributed by atoms with E-state index >= 15 is 0 Å². The van der Waals surface area contributed by atoms with Crippen LogP contribution in [0, 0.1) is 5.92 Å². The minimum absolute atomic E-state index is 0.0529. The first kappa shape index (κ1) is 13.5. The molecule has 7 nitrogen and oxygen atoms in total. The second-order valence-electron chi connectivity index (χ2n) is 4.87. The van der Waals surface area contributed by atoms with E-state index in [0.29, 0.717) is 5.82 Å². The molecule has 0 saturated heterocycles. The highest BCUT2D eigenvalue weighted by atomic mass is 16.4. The highest BCUT2D eigenvalue weighted by molar-refractivity contribution is 5.90. The van der Waals surface area contributed by atoms with Gasteiger partial charge in [0.2, 0.25) is 5.82 Å². The number of amides is 1. The normalized spacial score (nSPS) is 16.1. The third-order valence-electron chi connectivity index (χ3n) is 3.12. The van der Waals surface area contributed by atoms with Crippen molar-refractivity contribution in [3.05, 3.63) is 11.6 Å². The van der Waals surface area contributed by atoms with Crippen molar-refractivity contribution in [2.75, 3.05) is 0 Å². The maximum Gasteiger partial charge on any atom is 0.305 e. The number of hydrogen-bond acceptors (Lipinski definition) is 4. The molecule has 0 radical (unpaired) electrons. The van der Waals surface area contributed by atoms with Crippen LogP contribution in [0.1, 0.15) is 49.1 Å². The van der Waals surface area contributed by atoms with Gasteiger partial charge in [0, 0.05) is 12.5 Å². The van der Waals surface area contributed by atoms with Gasteiger partial charge in [-0.1, -0.05) is 6.92 Å². The first-order chi connectivity index (χ1) is 9.10. The van der Waals surface area contributed by atoms with Gasteiger partial charge in [-0.2, -0.15) is 0 Å². The topological polar surface area (TPSA) is 108 Å². The van der Waals surface area contributed by atoms with Crippen LogP contribution in [-0.2, 0) is 11.2 Å². The van der Waals surface area contributed by atoms with E-state index in [9.17, 15) is 9.59 Å². The predicted molar refractivity (Wildman–Crippen MR) is 66.6 cm³/mol. The van der Waals surface area contributed by atoms with Gasteiger partial charge in [0.15, 0.2) is 0 Å². The Bertz CT molecular complexity index is 467. The SMILES string of the molecule is CCCc1nc(C(=O)NC(CC(=O)O)C2CC2)n[nH]1. The molecule has 1 atom stereocenters. The molecule has 1 amide bonds. The molecule has 3 N–H and O–H groups in total. The van der Waals surface area contributed by atoms with Gasteiger partial charge in [-0.05, 0) is 25.2 Å². The summed E-state index contributed by atoms with van der Waals surface area (Å²) in [7, 11) is 0. The summed E-state index contributed by atoms with van der Waals surface area (Å²) in [5.74, 6) is -0.280. The van der Waals surface area contributed by atoms with E-state index in [1.165, 1.54) is 0 Å². The zero-order chi connectivity index (χ0) is 13.8. The molecule has 1 aliphatic carbocycles. The van der Waals surface area contributed by atoms with Crippen LogP contribution in [0.2, 0.25) is 0 Å². The number of aromatic amines is 1. The van der Waals surface area contributed by atoms with Gasteiger partial charge in [-0.15, -0.1) is 5.10 Å². The van der Waals surface area contributed by atoms with Crippen LogP contribution in [0.5, 0.6) is 0 Å². The molecule has 1 aromatic heterocycles. The number of carboxylic acids is 1. The van der Waals surface area contributed by atoms with Crippen molar-refractivity contribution in [3.8, 4) is 0 Å². The van der Waals surface area contributed by atoms with Crippen LogP contribution < -0.4 is 5.32 Å². The quantitative estimate of drug-likeness (QED) is 0.674. The number of nitrogens with one attached hydrogen (secondary N) is 2. The van der Waals surface area contributed by atoms with Gasteiger partial charge in [0.25, 0.3) is 5.91 Å². The zero-order valence-electron chi connectivity index (χ0n) is 10.8. The number of rotatable bonds is 7. The first-order valence-electron chi connectivity index (χ1n) is 6.54. The molecular weight excluding hydrogens is 248 g/mol. The van der Waals surface area contributed by atoms with Crippen molar-refractivity contribution in [2.45, 2.75) is 45.1 Å². The van der Waals surface area contributed by atoms with Gasteiger partial charge < -0.3 is 10.4 Å². The van der Waals surface area contributed by atoms with E-state index in [1.54, 1.807) is 0 Å². The summed E-state index contributed by atoms with van der Waals surface area (Å²) < 4.78 is 0. The summed E-state index contributed by atoms with van der Waals surface area (Å²) in [5.41, 5.74) is 0. The number of carbonyl (C=O) groups excluding carboxylic acids is 1. The monoisotopic (exact) mass is 266 g/mol. The van der Waals surface area contributed by atoms with E-state index in [2.05, 4.69) is 20.5 Å². The maximum absolute atomic E-state index is 11.9. The Labute approximate surface area is 110 Å². The maximum atomic E-state index is 11.9. The summed E-state index contributed by atoms with van der Waals surface area (Å²) in [6, 6.07) is -0.321. The van der Waals surface area contributed by atoms with Crippen molar-refractivity contribution in [3.63, 3.8) is 0 Å². The van der Waals surface area contributed by atoms with Crippen LogP contribution in [0.25, 0.3) is 0 Å². The van der Waals surface area contributed by atoms with Gasteiger partial charge in [-0.3, -0.25) is 14.7 Å². The Hall–Kier alpha value is -1.92. The standard InChI is InChI=1S/C12H18N4O3/c1-2-3-9-14-11(16-15-9)12(19)13-8(6-10(17)18)7-4-5-7/h7-8H,2-6H2,1H3,(H,13,19)(H,17,18)(H,14,15,16). The summed E-state index contributed by atoms with van der Waals surface area (Å²) >= 11 is 0. The van der Waals surface area contributed by atoms with Gasteiger partial charge in [0.05, 0.1) is 6.42 Å². The second kappa shape index (κ2) is 5.81. The number of hydrogen-bond donors (Lipinski definition) is 3. The molecular formula is C12H18N4O3. The summed E-state index contributed by atoms with van der Waals surface area (Å²) in [6.07, 6.45) is 3.53. The zero-order valence-corrected chi connectivity index (χ0v) is 10.8. The number of nitrogens with zero attached hydrogens (tertiary/aromatic N) is 2. The van der Waals surface area contributed by atoms with E-state index < -0.39 is 11.9 Å². The lowest BCUT2D eigenvalue weighted by molar-refractivity contribution is -0.137. The molecule has 104 valence electrons. The molecule has 1 aromatic rings. The van der Waals surface area contributed by atoms with Gasteiger partial charge in [-0.25, -0.2) is 4.98 Å². The summed E-state index contributed by atoms with van der Waals surface area (Å²) in [4.78, 5) is 26.8. The highest BCUT2D eigenvalue weighted by Crippen LogP contribution is 2.34. The van der Waals surface area contributed by atoms with Crippen molar-refractivity contribution in [1.29, 1.82) is 0 Å². The lowest BCUT2D eigenvalue weighted by Gasteiger charge is -2.14. The molecule has 2 rings (SSSR count). The fourth-order valence-electron chi connectivity index (χ4n) is 2.00. The minimum Gasteiger partial charge on any atom is -0.481 e. The number of carboxylic acid groups (broad SMARTS) is 1. The molecule has 1 saturated carbocycles. The largest absolute Gasteiger partial charge is 0.481 e. The number of H-pyrrole nitrogens is 1. The molecule has 19 heavy (non-hydrogen) atoms. The van der Waals surface area contributed by atoms with Crippen molar-refractivity contribution in [2.24, 2.45) is 5.92 Å². The van der Waals surface area contributed by atoms with Crippen LogP contribution in [0.3, 0.4) is 0 Å². The molecule has 7 heteroatoms. The molecule has 0 bridgehead atoms. The van der Waals surface area contributed by atoms with Crippen LogP contribution in [0.4, 0.5) is 0 Å². The average molecular weight is 266 g/mol.